The van der Waals surface area contributed by atoms with Gasteiger partial charge in [0.15, 0.2) is 0 Å². The minimum absolute atomic E-state index is 0.233. The van der Waals surface area contributed by atoms with E-state index in [2.05, 4.69) is 48.5 Å². The highest BCUT2D eigenvalue weighted by Crippen LogP contribution is 2.46. The van der Waals surface area contributed by atoms with E-state index in [1.54, 1.807) is 5.57 Å². The van der Waals surface area contributed by atoms with Crippen molar-refractivity contribution in [2.75, 3.05) is 0 Å². The first-order chi connectivity index (χ1) is 9.20. The molecule has 0 aliphatic heterocycles. The third kappa shape index (κ3) is 3.90. The zero-order valence-electron chi connectivity index (χ0n) is 14.8. The number of nitrogens with two attached hydrogens (primary N) is 1. The summed E-state index contributed by atoms with van der Waals surface area (Å²) in [5.74, 6) is 1.50. The maximum atomic E-state index is 6.31. The average molecular weight is 277 g/mol. The Kier molecular flexibility index (Phi) is 5.91. The smallest absolute Gasteiger partial charge is 0.00871 e. The predicted octanol–water partition coefficient (Wildman–Crippen LogP) is 5.82. The summed E-state index contributed by atoms with van der Waals surface area (Å²) < 4.78 is 0. The fourth-order valence-electron chi connectivity index (χ4n) is 3.18. The fourth-order valence-corrected chi connectivity index (χ4v) is 3.18. The lowest BCUT2D eigenvalue weighted by molar-refractivity contribution is 0.236. The van der Waals surface area contributed by atoms with E-state index in [9.17, 15) is 0 Å². The molecule has 0 saturated heterocycles. The topological polar surface area (TPSA) is 26.0 Å². The van der Waals surface area contributed by atoms with Gasteiger partial charge in [-0.15, -0.1) is 0 Å². The Labute approximate surface area is 126 Å². The Bertz CT molecular complexity index is 388. The Balaban J connectivity index is 3.24. The summed E-state index contributed by atoms with van der Waals surface area (Å²) in [7, 11) is 0. The van der Waals surface area contributed by atoms with Crippen LogP contribution in [0.15, 0.2) is 22.4 Å². The summed E-state index contributed by atoms with van der Waals surface area (Å²) in [6.45, 7) is 16.0. The van der Waals surface area contributed by atoms with Crippen molar-refractivity contribution >= 4 is 0 Å². The van der Waals surface area contributed by atoms with Crippen molar-refractivity contribution in [3.05, 3.63) is 22.4 Å². The summed E-state index contributed by atoms with van der Waals surface area (Å²) in [6, 6.07) is 0. The van der Waals surface area contributed by atoms with Crippen LogP contribution < -0.4 is 5.73 Å². The van der Waals surface area contributed by atoms with E-state index in [4.69, 9.17) is 5.73 Å². The number of unbranched alkanes of at least 4 members (excludes halogenated alkanes) is 1. The van der Waals surface area contributed by atoms with Gasteiger partial charge < -0.3 is 5.73 Å². The molecule has 1 aliphatic rings. The molecular weight excluding hydrogens is 242 g/mol. The van der Waals surface area contributed by atoms with Crippen molar-refractivity contribution < 1.29 is 0 Å². The number of hydrogen-bond donors (Lipinski definition) is 1. The van der Waals surface area contributed by atoms with E-state index in [0.717, 1.165) is 11.6 Å². The van der Waals surface area contributed by atoms with Crippen LogP contribution in [0.1, 0.15) is 80.6 Å². The maximum absolute atomic E-state index is 6.31. The minimum atomic E-state index is 0.233. The van der Waals surface area contributed by atoms with E-state index >= 15 is 0 Å². The van der Waals surface area contributed by atoms with Crippen LogP contribution in [0, 0.1) is 17.3 Å². The molecule has 1 fully saturated rings. The highest BCUT2D eigenvalue weighted by atomic mass is 14.6. The Hall–Kier alpha value is -0.720. The second-order valence-electron chi connectivity index (χ2n) is 7.71. The molecule has 0 spiro atoms. The Morgan fingerprint density at radius 1 is 1.15 bits per heavy atom. The second kappa shape index (κ2) is 6.83. The minimum Gasteiger partial charge on any atom is -0.402 e. The van der Waals surface area contributed by atoms with Gasteiger partial charge in [0.05, 0.1) is 0 Å². The van der Waals surface area contributed by atoms with Gasteiger partial charge in [0.25, 0.3) is 0 Å². The number of allylic oxidation sites excluding steroid dienone is 4. The van der Waals surface area contributed by atoms with Crippen molar-refractivity contribution in [3.63, 3.8) is 0 Å². The van der Waals surface area contributed by atoms with Gasteiger partial charge in [-0.05, 0) is 67.9 Å². The van der Waals surface area contributed by atoms with Crippen LogP contribution in [0.25, 0.3) is 0 Å². The van der Waals surface area contributed by atoms with E-state index in [0.29, 0.717) is 5.92 Å². The quantitative estimate of drug-likeness (QED) is 0.630. The fraction of sp³-hybridized carbons (Fsp3) is 0.789. The first-order valence-corrected chi connectivity index (χ1v) is 8.37. The molecule has 2 N–H and O–H groups in total. The summed E-state index contributed by atoms with van der Waals surface area (Å²) in [5.41, 5.74) is 12.2. The van der Waals surface area contributed by atoms with Crippen LogP contribution in [0.5, 0.6) is 0 Å². The van der Waals surface area contributed by atoms with Crippen molar-refractivity contribution in [1.29, 1.82) is 0 Å². The van der Waals surface area contributed by atoms with Crippen molar-refractivity contribution in [2.45, 2.75) is 80.6 Å². The lowest BCUT2D eigenvalue weighted by Gasteiger charge is -2.39. The highest BCUT2D eigenvalue weighted by Gasteiger charge is 2.33. The van der Waals surface area contributed by atoms with E-state index < -0.39 is 0 Å². The average Bonchev–Trinajstić information content (AvgIpc) is 2.33. The third-order valence-electron chi connectivity index (χ3n) is 5.10. The largest absolute Gasteiger partial charge is 0.402 e. The van der Waals surface area contributed by atoms with Crippen LogP contribution in [0.4, 0.5) is 0 Å². The van der Waals surface area contributed by atoms with Crippen molar-refractivity contribution in [1.82, 2.24) is 0 Å². The lowest BCUT2D eigenvalue weighted by Crippen LogP contribution is -2.28. The zero-order valence-corrected chi connectivity index (χ0v) is 14.8. The molecule has 1 saturated carbocycles. The molecule has 1 nitrogen and oxygen atoms in total. The first-order valence-electron chi connectivity index (χ1n) is 8.37. The molecule has 1 rings (SSSR count). The Morgan fingerprint density at radius 2 is 1.75 bits per heavy atom. The Morgan fingerprint density at radius 3 is 2.05 bits per heavy atom. The van der Waals surface area contributed by atoms with Crippen LogP contribution >= 0.6 is 0 Å². The SMILES string of the molecule is CCCCC(/C(=C(\C)N)C1CCC1C)=C(/C)C(C)(C)C. The molecule has 0 radical (unpaired) electrons. The first kappa shape index (κ1) is 17.3. The molecule has 1 aliphatic carbocycles. The molecule has 2 atom stereocenters. The van der Waals surface area contributed by atoms with Gasteiger partial charge in [0.1, 0.15) is 0 Å². The zero-order chi connectivity index (χ0) is 15.5. The summed E-state index contributed by atoms with van der Waals surface area (Å²) in [5, 5.41) is 0. The highest BCUT2D eigenvalue weighted by molar-refractivity contribution is 5.41. The van der Waals surface area contributed by atoms with E-state index in [1.165, 1.54) is 43.3 Å². The molecule has 0 aromatic carbocycles. The van der Waals surface area contributed by atoms with Gasteiger partial charge in [-0.3, -0.25) is 0 Å². The lowest BCUT2D eigenvalue weighted by atomic mass is 9.66. The van der Waals surface area contributed by atoms with Gasteiger partial charge in [-0.2, -0.15) is 0 Å². The van der Waals surface area contributed by atoms with Crippen molar-refractivity contribution in [2.24, 2.45) is 23.0 Å². The predicted molar refractivity (Wildman–Crippen MR) is 90.5 cm³/mol. The molecule has 0 bridgehead atoms. The molecule has 0 heterocycles. The molecule has 2 unspecified atom stereocenters. The van der Waals surface area contributed by atoms with Gasteiger partial charge >= 0.3 is 0 Å². The molecule has 0 aromatic rings. The standard InChI is InChI=1S/C19H35N/c1-8-9-10-17(14(3)19(5,6)7)18(15(4)20)16-12-11-13(16)2/h13,16H,8-12,20H2,1-7H3/b17-14+,18-15+. The van der Waals surface area contributed by atoms with Crippen LogP contribution in [-0.4, -0.2) is 0 Å². The maximum Gasteiger partial charge on any atom is 0.00871 e. The van der Waals surface area contributed by atoms with Crippen LogP contribution in [0.3, 0.4) is 0 Å². The summed E-state index contributed by atoms with van der Waals surface area (Å²) >= 11 is 0. The van der Waals surface area contributed by atoms with Gasteiger partial charge in [0.2, 0.25) is 0 Å². The van der Waals surface area contributed by atoms with Crippen LogP contribution in [-0.2, 0) is 0 Å². The molecular formula is C19H35N. The van der Waals surface area contributed by atoms with Gasteiger partial charge in [-0.25, -0.2) is 0 Å². The number of rotatable bonds is 5. The number of hydrogen-bond acceptors (Lipinski definition) is 1. The monoisotopic (exact) mass is 277 g/mol. The normalized spacial score (nSPS) is 25.8. The second-order valence-corrected chi connectivity index (χ2v) is 7.71. The molecule has 0 aromatic heterocycles. The summed E-state index contributed by atoms with van der Waals surface area (Å²) in [6.07, 6.45) is 6.38. The van der Waals surface area contributed by atoms with Gasteiger partial charge in [-0.1, -0.05) is 46.6 Å². The van der Waals surface area contributed by atoms with Gasteiger partial charge in [0, 0.05) is 5.70 Å². The van der Waals surface area contributed by atoms with E-state index in [1.807, 2.05) is 0 Å². The molecule has 20 heavy (non-hydrogen) atoms. The van der Waals surface area contributed by atoms with Crippen molar-refractivity contribution in [3.8, 4) is 0 Å². The molecule has 116 valence electrons. The van der Waals surface area contributed by atoms with Crippen LogP contribution in [0.2, 0.25) is 0 Å². The molecule has 1 heteroatoms. The van der Waals surface area contributed by atoms with E-state index in [-0.39, 0.29) is 5.41 Å². The third-order valence-corrected chi connectivity index (χ3v) is 5.10. The summed E-state index contributed by atoms with van der Waals surface area (Å²) in [4.78, 5) is 0. The molecule has 0 amide bonds.